The first-order chi connectivity index (χ1) is 15.6. The summed E-state index contributed by atoms with van der Waals surface area (Å²) < 4.78 is 12.7. The minimum atomic E-state index is -0.0781. The number of hydrogen-bond donors (Lipinski definition) is 1. The van der Waals surface area contributed by atoms with Crippen molar-refractivity contribution in [3.8, 4) is 11.5 Å². The van der Waals surface area contributed by atoms with E-state index in [0.29, 0.717) is 18.7 Å². The molecule has 0 radical (unpaired) electrons. The summed E-state index contributed by atoms with van der Waals surface area (Å²) in [6.45, 7) is 5.75. The Balaban J connectivity index is 1.31. The fraction of sp³-hybridized carbons (Fsp3) is 0.360. The SMILES string of the molecule is COc1cc2c(cc1OC)CN(CCNC(=O)c1cnn(Cc3ccccc3)c1C)CC2. The van der Waals surface area contributed by atoms with Gasteiger partial charge in [0.2, 0.25) is 0 Å². The molecule has 0 unspecified atom stereocenters. The maximum absolute atomic E-state index is 12.7. The van der Waals surface area contributed by atoms with Crippen LogP contribution in [0.25, 0.3) is 0 Å². The Morgan fingerprint density at radius 3 is 2.53 bits per heavy atom. The molecule has 3 aromatic rings. The van der Waals surface area contributed by atoms with Gasteiger partial charge < -0.3 is 14.8 Å². The normalized spacial score (nSPS) is 13.5. The van der Waals surface area contributed by atoms with Crippen molar-refractivity contribution < 1.29 is 14.3 Å². The van der Waals surface area contributed by atoms with Crippen LogP contribution in [0.15, 0.2) is 48.7 Å². The van der Waals surface area contributed by atoms with Crippen LogP contribution < -0.4 is 14.8 Å². The van der Waals surface area contributed by atoms with Gasteiger partial charge in [-0.2, -0.15) is 5.10 Å². The highest BCUT2D eigenvalue weighted by molar-refractivity contribution is 5.95. The number of amides is 1. The second kappa shape index (κ2) is 9.87. The van der Waals surface area contributed by atoms with Gasteiger partial charge in [-0.15, -0.1) is 0 Å². The lowest BCUT2D eigenvalue weighted by molar-refractivity contribution is 0.0946. The predicted octanol–water partition coefficient (Wildman–Crippen LogP) is 3.05. The van der Waals surface area contributed by atoms with Gasteiger partial charge >= 0.3 is 0 Å². The zero-order valence-corrected chi connectivity index (χ0v) is 18.9. The molecule has 0 atom stereocenters. The van der Waals surface area contributed by atoms with Gasteiger partial charge in [-0.3, -0.25) is 14.4 Å². The van der Waals surface area contributed by atoms with Crippen LogP contribution in [0.2, 0.25) is 0 Å². The van der Waals surface area contributed by atoms with E-state index >= 15 is 0 Å². The number of ether oxygens (including phenoxy) is 2. The fourth-order valence-electron chi connectivity index (χ4n) is 4.14. The maximum Gasteiger partial charge on any atom is 0.254 e. The van der Waals surface area contributed by atoms with Gasteiger partial charge in [0.05, 0.1) is 32.5 Å². The lowest BCUT2D eigenvalue weighted by atomic mass is 9.99. The summed E-state index contributed by atoms with van der Waals surface area (Å²) in [4.78, 5) is 15.1. The summed E-state index contributed by atoms with van der Waals surface area (Å²) in [7, 11) is 3.32. The Kier molecular flexibility index (Phi) is 6.75. The molecule has 1 aliphatic rings. The minimum absolute atomic E-state index is 0.0781. The first-order valence-corrected chi connectivity index (χ1v) is 10.9. The molecule has 0 saturated carbocycles. The quantitative estimate of drug-likeness (QED) is 0.590. The number of aromatic nitrogens is 2. The zero-order chi connectivity index (χ0) is 22.5. The molecular weight excluding hydrogens is 404 g/mol. The van der Waals surface area contributed by atoms with Gasteiger partial charge in [0.1, 0.15) is 0 Å². The topological polar surface area (TPSA) is 68.6 Å². The van der Waals surface area contributed by atoms with Crippen molar-refractivity contribution in [2.24, 2.45) is 0 Å². The Bertz CT molecular complexity index is 1080. The number of nitrogens with zero attached hydrogens (tertiary/aromatic N) is 3. The Morgan fingerprint density at radius 2 is 1.81 bits per heavy atom. The number of benzene rings is 2. The van der Waals surface area contributed by atoms with Gasteiger partial charge in [-0.05, 0) is 42.2 Å². The van der Waals surface area contributed by atoms with E-state index in [2.05, 4.69) is 39.6 Å². The first kappa shape index (κ1) is 21.9. The van der Waals surface area contributed by atoms with Crippen molar-refractivity contribution in [1.29, 1.82) is 0 Å². The molecule has 2 heterocycles. The summed E-state index contributed by atoms with van der Waals surface area (Å²) in [5.41, 5.74) is 5.20. The van der Waals surface area contributed by atoms with Crippen LogP contribution in [0.3, 0.4) is 0 Å². The summed E-state index contributed by atoms with van der Waals surface area (Å²) in [6.07, 6.45) is 2.61. The lowest BCUT2D eigenvalue weighted by Gasteiger charge is -2.29. The number of hydrogen-bond acceptors (Lipinski definition) is 5. The molecule has 7 nitrogen and oxygen atoms in total. The minimum Gasteiger partial charge on any atom is -0.493 e. The summed E-state index contributed by atoms with van der Waals surface area (Å²) in [5.74, 6) is 1.45. The number of carbonyl (C=O) groups excluding carboxylic acids is 1. The Labute approximate surface area is 188 Å². The third-order valence-electron chi connectivity index (χ3n) is 6.03. The zero-order valence-electron chi connectivity index (χ0n) is 18.9. The highest BCUT2D eigenvalue weighted by atomic mass is 16.5. The second-order valence-electron chi connectivity index (χ2n) is 8.04. The number of nitrogens with one attached hydrogen (secondary N) is 1. The molecule has 1 aromatic heterocycles. The van der Waals surface area contributed by atoms with Crippen LogP contribution in [0.1, 0.15) is 32.7 Å². The van der Waals surface area contributed by atoms with E-state index in [1.54, 1.807) is 20.4 Å². The molecule has 0 saturated heterocycles. The van der Waals surface area contributed by atoms with Crippen LogP contribution in [0, 0.1) is 6.92 Å². The summed E-state index contributed by atoms with van der Waals surface area (Å²) in [6, 6.07) is 14.3. The molecule has 0 aliphatic carbocycles. The first-order valence-electron chi connectivity index (χ1n) is 10.9. The standard InChI is InChI=1S/C25H30N4O3/c1-18-22(15-27-29(18)16-19-7-5-4-6-8-19)25(30)26-10-12-28-11-9-20-13-23(31-2)24(32-3)14-21(20)17-28/h4-8,13-15H,9-12,16-17H2,1-3H3,(H,26,30). The van der Waals surface area contributed by atoms with Crippen molar-refractivity contribution in [2.45, 2.75) is 26.4 Å². The summed E-state index contributed by atoms with van der Waals surface area (Å²) in [5, 5.41) is 7.46. The van der Waals surface area contributed by atoms with E-state index in [0.717, 1.165) is 48.8 Å². The molecule has 4 rings (SSSR count). The van der Waals surface area contributed by atoms with Crippen molar-refractivity contribution in [1.82, 2.24) is 20.0 Å². The largest absolute Gasteiger partial charge is 0.493 e. The van der Waals surface area contributed by atoms with Gasteiger partial charge in [-0.1, -0.05) is 30.3 Å². The molecular formula is C25H30N4O3. The van der Waals surface area contributed by atoms with Crippen molar-refractivity contribution in [2.75, 3.05) is 33.9 Å². The molecule has 0 spiro atoms. The predicted molar refractivity (Wildman–Crippen MR) is 123 cm³/mol. The molecule has 1 amide bonds. The van der Waals surface area contributed by atoms with E-state index in [1.807, 2.05) is 29.8 Å². The monoisotopic (exact) mass is 434 g/mol. The van der Waals surface area contributed by atoms with Crippen LogP contribution >= 0.6 is 0 Å². The number of fused-ring (bicyclic) bond motifs is 1. The third kappa shape index (κ3) is 4.78. The van der Waals surface area contributed by atoms with Crippen LogP contribution in [0.4, 0.5) is 0 Å². The molecule has 1 aliphatic heterocycles. The van der Waals surface area contributed by atoms with Crippen molar-refractivity contribution >= 4 is 5.91 Å². The molecule has 1 N–H and O–H groups in total. The average molecular weight is 435 g/mol. The lowest BCUT2D eigenvalue weighted by Crippen LogP contribution is -2.38. The van der Waals surface area contributed by atoms with Crippen LogP contribution in [-0.2, 0) is 19.5 Å². The fourth-order valence-corrected chi connectivity index (χ4v) is 4.14. The van der Waals surface area contributed by atoms with E-state index in [4.69, 9.17) is 9.47 Å². The number of rotatable bonds is 8. The van der Waals surface area contributed by atoms with Gasteiger partial charge in [0.15, 0.2) is 11.5 Å². The smallest absolute Gasteiger partial charge is 0.254 e. The molecule has 7 heteroatoms. The van der Waals surface area contributed by atoms with E-state index in [-0.39, 0.29) is 5.91 Å². The third-order valence-corrected chi connectivity index (χ3v) is 6.03. The highest BCUT2D eigenvalue weighted by Gasteiger charge is 2.20. The number of carbonyl (C=O) groups is 1. The van der Waals surface area contributed by atoms with Crippen LogP contribution in [0.5, 0.6) is 11.5 Å². The maximum atomic E-state index is 12.7. The highest BCUT2D eigenvalue weighted by Crippen LogP contribution is 2.33. The van der Waals surface area contributed by atoms with Gasteiger partial charge in [-0.25, -0.2) is 0 Å². The number of methoxy groups -OCH3 is 2. The molecule has 0 bridgehead atoms. The molecule has 2 aromatic carbocycles. The van der Waals surface area contributed by atoms with Crippen LogP contribution in [-0.4, -0.2) is 54.4 Å². The van der Waals surface area contributed by atoms with Gasteiger partial charge in [0.25, 0.3) is 5.91 Å². The molecule has 168 valence electrons. The van der Waals surface area contributed by atoms with Gasteiger partial charge in [0, 0.05) is 31.9 Å². The average Bonchev–Trinajstić information content (AvgIpc) is 3.18. The van der Waals surface area contributed by atoms with Crippen molar-refractivity contribution in [3.63, 3.8) is 0 Å². The van der Waals surface area contributed by atoms with E-state index in [1.165, 1.54) is 11.1 Å². The van der Waals surface area contributed by atoms with E-state index < -0.39 is 0 Å². The second-order valence-corrected chi connectivity index (χ2v) is 8.04. The molecule has 32 heavy (non-hydrogen) atoms. The molecule has 0 fully saturated rings. The Hall–Kier alpha value is -3.32. The summed E-state index contributed by atoms with van der Waals surface area (Å²) >= 11 is 0. The van der Waals surface area contributed by atoms with E-state index in [9.17, 15) is 4.79 Å². The Morgan fingerprint density at radius 1 is 1.09 bits per heavy atom. The van der Waals surface area contributed by atoms with Crippen molar-refractivity contribution in [3.05, 3.63) is 76.6 Å².